The van der Waals surface area contributed by atoms with Crippen molar-refractivity contribution in [2.75, 3.05) is 26.2 Å². The molecule has 6 nitrogen and oxygen atoms in total. The van der Waals surface area contributed by atoms with Crippen LogP contribution in [0.15, 0.2) is 16.3 Å². The van der Waals surface area contributed by atoms with Gasteiger partial charge in [-0.1, -0.05) is 6.92 Å². The van der Waals surface area contributed by atoms with Crippen LogP contribution in [0.25, 0.3) is 0 Å². The average Bonchev–Trinajstić information content (AvgIpc) is 3.07. The van der Waals surface area contributed by atoms with Crippen molar-refractivity contribution in [3.63, 3.8) is 0 Å². The van der Waals surface area contributed by atoms with Gasteiger partial charge >= 0.3 is 0 Å². The van der Waals surface area contributed by atoms with Gasteiger partial charge in [0.25, 0.3) is 15.9 Å². The van der Waals surface area contributed by atoms with Crippen molar-refractivity contribution in [3.8, 4) is 0 Å². The molecular formula is C16H25N3O3S2. The highest BCUT2D eigenvalue weighted by molar-refractivity contribution is 7.91. The summed E-state index contributed by atoms with van der Waals surface area (Å²) in [7, 11) is -3.47. The maximum Gasteiger partial charge on any atom is 0.261 e. The topological polar surface area (TPSA) is 78.5 Å². The largest absolute Gasteiger partial charge is 0.347 e. The summed E-state index contributed by atoms with van der Waals surface area (Å²) < 4.78 is 27.2. The van der Waals surface area contributed by atoms with E-state index in [9.17, 15) is 13.2 Å². The van der Waals surface area contributed by atoms with Crippen molar-refractivity contribution in [1.82, 2.24) is 14.9 Å². The lowest BCUT2D eigenvalue weighted by atomic mass is 10.0. The summed E-state index contributed by atoms with van der Waals surface area (Å²) in [4.78, 5) is 12.8. The van der Waals surface area contributed by atoms with Gasteiger partial charge in [0.1, 0.15) is 4.21 Å². The predicted molar refractivity (Wildman–Crippen MR) is 94.8 cm³/mol. The van der Waals surface area contributed by atoms with Crippen molar-refractivity contribution in [2.24, 2.45) is 5.92 Å². The Hall–Kier alpha value is -0.960. The zero-order valence-electron chi connectivity index (χ0n) is 14.0. The average molecular weight is 372 g/mol. The summed E-state index contributed by atoms with van der Waals surface area (Å²) in [6.45, 7) is 5.04. The lowest BCUT2D eigenvalue weighted by molar-refractivity contribution is 0.0935. The Morgan fingerprint density at radius 1 is 1.29 bits per heavy atom. The molecule has 3 rings (SSSR count). The van der Waals surface area contributed by atoms with Crippen molar-refractivity contribution in [1.29, 1.82) is 0 Å². The van der Waals surface area contributed by atoms with Crippen LogP contribution < -0.4 is 10.6 Å². The van der Waals surface area contributed by atoms with Gasteiger partial charge in [-0.3, -0.25) is 4.79 Å². The lowest BCUT2D eigenvalue weighted by Crippen LogP contribution is -2.45. The number of nitrogens with one attached hydrogen (secondary N) is 2. The van der Waals surface area contributed by atoms with E-state index in [1.807, 2.05) is 0 Å². The Balaban J connectivity index is 1.66. The molecule has 0 radical (unpaired) electrons. The molecule has 0 unspecified atom stereocenters. The van der Waals surface area contributed by atoms with Crippen LogP contribution >= 0.6 is 11.3 Å². The van der Waals surface area contributed by atoms with Crippen LogP contribution in [0.4, 0.5) is 0 Å². The predicted octanol–water partition coefficient (Wildman–Crippen LogP) is 1.65. The van der Waals surface area contributed by atoms with E-state index in [1.54, 1.807) is 16.4 Å². The molecule has 2 N–H and O–H groups in total. The van der Waals surface area contributed by atoms with Crippen molar-refractivity contribution >= 4 is 27.3 Å². The number of amides is 1. The smallest absolute Gasteiger partial charge is 0.261 e. The number of hydrogen-bond acceptors (Lipinski definition) is 5. The zero-order chi connectivity index (χ0) is 17.2. The van der Waals surface area contributed by atoms with Crippen molar-refractivity contribution in [2.45, 2.75) is 42.9 Å². The molecular weight excluding hydrogens is 346 g/mol. The molecule has 8 heteroatoms. The molecule has 0 aromatic carbocycles. The van der Waals surface area contributed by atoms with Gasteiger partial charge in [0, 0.05) is 25.7 Å². The lowest BCUT2D eigenvalue weighted by Gasteiger charge is -2.28. The van der Waals surface area contributed by atoms with Gasteiger partial charge in [-0.15, -0.1) is 11.3 Å². The van der Waals surface area contributed by atoms with Gasteiger partial charge in [-0.05, 0) is 50.3 Å². The SMILES string of the molecule is CC1CCN(S(=O)(=O)c2ccc(C(=O)N[C@H]3CCCNC3)s2)CC1. The molecule has 1 aromatic heterocycles. The molecule has 1 amide bonds. The van der Waals surface area contributed by atoms with E-state index in [0.29, 0.717) is 23.9 Å². The minimum absolute atomic E-state index is 0.122. The van der Waals surface area contributed by atoms with Crippen LogP contribution in [0.1, 0.15) is 42.3 Å². The molecule has 0 saturated carbocycles. The first kappa shape index (κ1) is 17.8. The summed E-state index contributed by atoms with van der Waals surface area (Å²) in [5, 5.41) is 6.24. The fourth-order valence-corrected chi connectivity index (χ4v) is 6.00. The third-order valence-corrected chi connectivity index (χ3v) is 8.22. The fourth-order valence-electron chi connectivity index (χ4n) is 3.16. The van der Waals surface area contributed by atoms with E-state index >= 15 is 0 Å². The summed E-state index contributed by atoms with van der Waals surface area (Å²) in [6.07, 6.45) is 3.79. The molecule has 1 atom stereocenters. The van der Waals surface area contributed by atoms with Gasteiger partial charge in [-0.2, -0.15) is 4.31 Å². The molecule has 0 bridgehead atoms. The normalized spacial score (nSPS) is 24.0. The molecule has 134 valence electrons. The Morgan fingerprint density at radius 3 is 2.71 bits per heavy atom. The van der Waals surface area contributed by atoms with E-state index in [-0.39, 0.29) is 16.2 Å². The molecule has 2 saturated heterocycles. The Morgan fingerprint density at radius 2 is 2.04 bits per heavy atom. The number of hydrogen-bond donors (Lipinski definition) is 2. The Kier molecular flexibility index (Phi) is 5.59. The molecule has 1 aromatic rings. The standard InChI is InChI=1S/C16H25N3O3S2/c1-12-6-9-19(10-7-12)24(21,22)15-5-4-14(23-15)16(20)18-13-3-2-8-17-11-13/h4-5,12-13,17H,2-3,6-11H2,1H3,(H,18,20)/t13-/m0/s1. The maximum absolute atomic E-state index is 12.7. The highest BCUT2D eigenvalue weighted by atomic mass is 32.2. The quantitative estimate of drug-likeness (QED) is 0.844. The summed E-state index contributed by atoms with van der Waals surface area (Å²) in [5.41, 5.74) is 0. The Bertz CT molecular complexity index is 672. The first-order valence-corrected chi connectivity index (χ1v) is 10.8. The van der Waals surface area contributed by atoms with Gasteiger partial charge < -0.3 is 10.6 Å². The van der Waals surface area contributed by atoms with Gasteiger partial charge in [0.05, 0.1) is 4.88 Å². The van der Waals surface area contributed by atoms with Gasteiger partial charge in [0.2, 0.25) is 0 Å². The van der Waals surface area contributed by atoms with Gasteiger partial charge in [0.15, 0.2) is 0 Å². The summed E-state index contributed by atoms with van der Waals surface area (Å²) in [6, 6.07) is 3.30. The van der Waals surface area contributed by atoms with Crippen LogP contribution in [0.3, 0.4) is 0 Å². The second kappa shape index (κ2) is 7.51. The van der Waals surface area contributed by atoms with E-state index < -0.39 is 10.0 Å². The first-order chi connectivity index (χ1) is 11.5. The maximum atomic E-state index is 12.7. The number of carbonyl (C=O) groups excluding carboxylic acids is 1. The summed E-state index contributed by atoms with van der Waals surface area (Å²) in [5.74, 6) is 0.396. The molecule has 0 spiro atoms. The van der Waals surface area contributed by atoms with E-state index in [4.69, 9.17) is 0 Å². The van der Waals surface area contributed by atoms with Gasteiger partial charge in [-0.25, -0.2) is 8.42 Å². The van der Waals surface area contributed by atoms with Crippen molar-refractivity contribution in [3.05, 3.63) is 17.0 Å². The monoisotopic (exact) mass is 371 g/mol. The number of carbonyl (C=O) groups is 1. The molecule has 24 heavy (non-hydrogen) atoms. The van der Waals surface area contributed by atoms with Crippen LogP contribution in [0.2, 0.25) is 0 Å². The first-order valence-electron chi connectivity index (χ1n) is 8.58. The minimum Gasteiger partial charge on any atom is -0.347 e. The zero-order valence-corrected chi connectivity index (χ0v) is 15.6. The molecule has 0 aliphatic carbocycles. The third kappa shape index (κ3) is 3.99. The van der Waals surface area contributed by atoms with Crippen LogP contribution in [-0.4, -0.2) is 50.9 Å². The highest BCUT2D eigenvalue weighted by Crippen LogP contribution is 2.28. The number of rotatable bonds is 4. The third-order valence-electron chi connectivity index (χ3n) is 4.77. The summed E-state index contributed by atoms with van der Waals surface area (Å²) >= 11 is 1.07. The fraction of sp³-hybridized carbons (Fsp3) is 0.688. The molecule has 2 aliphatic heterocycles. The van der Waals surface area contributed by atoms with Crippen molar-refractivity contribution < 1.29 is 13.2 Å². The number of sulfonamides is 1. The number of piperidine rings is 2. The number of thiophene rings is 1. The van der Waals surface area contributed by atoms with E-state index in [0.717, 1.165) is 50.1 Å². The highest BCUT2D eigenvalue weighted by Gasteiger charge is 2.30. The van der Waals surface area contributed by atoms with Crippen LogP contribution in [-0.2, 0) is 10.0 Å². The molecule has 3 heterocycles. The van der Waals surface area contributed by atoms with Crippen LogP contribution in [0.5, 0.6) is 0 Å². The molecule has 2 aliphatic rings. The number of nitrogens with zero attached hydrogens (tertiary/aromatic N) is 1. The minimum atomic E-state index is -3.47. The second-order valence-corrected chi connectivity index (χ2v) is 9.97. The second-order valence-electron chi connectivity index (χ2n) is 6.72. The Labute approximate surface area is 147 Å². The molecule has 2 fully saturated rings. The van der Waals surface area contributed by atoms with E-state index in [2.05, 4.69) is 17.6 Å². The van der Waals surface area contributed by atoms with Crippen LogP contribution in [0, 0.1) is 5.92 Å². The van der Waals surface area contributed by atoms with E-state index in [1.165, 1.54) is 0 Å².